The molecule has 1 heterocycles. The minimum absolute atomic E-state index is 0. The highest BCUT2D eigenvalue weighted by Gasteiger charge is 2.49. The fourth-order valence-electron chi connectivity index (χ4n) is 4.58. The Morgan fingerprint density at radius 3 is 2.58 bits per heavy atom. The predicted octanol–water partition coefficient (Wildman–Crippen LogP) is 3.36. The lowest BCUT2D eigenvalue weighted by molar-refractivity contribution is -0.121. The molecule has 2 saturated carbocycles. The zero-order valence-corrected chi connectivity index (χ0v) is 15.7. The number of nitrogens with two attached hydrogens (primary N) is 1. The van der Waals surface area contributed by atoms with Crippen LogP contribution in [0, 0.1) is 37.4 Å². The van der Waals surface area contributed by atoms with E-state index in [-0.39, 0.29) is 30.3 Å². The minimum Gasteiger partial charge on any atom is -0.327 e. The number of carbonyl (C=O) groups is 1. The van der Waals surface area contributed by atoms with Gasteiger partial charge in [0.05, 0.1) is 11.6 Å². The molecule has 2 aliphatic rings. The molecule has 2 aliphatic carbocycles. The molecule has 140 valence electrons. The number of aromatic nitrogens is 2. The predicted molar refractivity (Wildman–Crippen MR) is 101 cm³/mol. The summed E-state index contributed by atoms with van der Waals surface area (Å²) in [6.07, 6.45) is 3.24. The Bertz CT molecular complexity index is 835. The highest BCUT2D eigenvalue weighted by Crippen LogP contribution is 2.47. The third-order valence-electron chi connectivity index (χ3n) is 5.74. The third kappa shape index (κ3) is 3.12. The van der Waals surface area contributed by atoms with E-state index in [1.807, 2.05) is 19.9 Å². The van der Waals surface area contributed by atoms with E-state index in [2.05, 4.69) is 10.4 Å². The summed E-state index contributed by atoms with van der Waals surface area (Å²) in [5.74, 6) is 0.182. The molecule has 2 aromatic rings. The van der Waals surface area contributed by atoms with Crippen molar-refractivity contribution in [3.63, 3.8) is 0 Å². The van der Waals surface area contributed by atoms with Crippen molar-refractivity contribution in [2.75, 3.05) is 5.32 Å². The number of hydrogen-bond donors (Lipinski definition) is 2. The van der Waals surface area contributed by atoms with Crippen molar-refractivity contribution in [1.82, 2.24) is 9.78 Å². The minimum atomic E-state index is -0.416. The number of nitrogens with one attached hydrogen (secondary N) is 1. The van der Waals surface area contributed by atoms with Crippen LogP contribution in [-0.4, -0.2) is 21.7 Å². The quantitative estimate of drug-likeness (QED) is 0.860. The van der Waals surface area contributed by atoms with Gasteiger partial charge >= 0.3 is 0 Å². The summed E-state index contributed by atoms with van der Waals surface area (Å²) in [5.41, 5.74) is 8.75. The molecule has 3 N–H and O–H groups in total. The highest BCUT2D eigenvalue weighted by molar-refractivity contribution is 5.93. The van der Waals surface area contributed by atoms with E-state index in [0.29, 0.717) is 23.2 Å². The molecule has 0 aliphatic heterocycles. The molecule has 5 nitrogen and oxygen atoms in total. The Hall–Kier alpha value is -1.92. The van der Waals surface area contributed by atoms with Crippen LogP contribution in [0.2, 0.25) is 0 Å². The van der Waals surface area contributed by atoms with Gasteiger partial charge in [-0.1, -0.05) is 0 Å². The van der Waals surface area contributed by atoms with Crippen LogP contribution in [0.1, 0.15) is 30.7 Å². The SMILES string of the molecule is Cc1cc(C)n(-c2ccc(NC(=O)C3C4CCC(C4)C3N)cc2F)n1.Cl. The van der Waals surface area contributed by atoms with Crippen LogP contribution in [0.3, 0.4) is 0 Å². The summed E-state index contributed by atoms with van der Waals surface area (Å²) in [6, 6.07) is 6.53. The topological polar surface area (TPSA) is 72.9 Å². The summed E-state index contributed by atoms with van der Waals surface area (Å²) in [6.45, 7) is 3.75. The monoisotopic (exact) mass is 378 g/mol. The maximum Gasteiger partial charge on any atom is 0.229 e. The number of carbonyl (C=O) groups excluding carboxylic acids is 1. The molecule has 1 amide bonds. The lowest BCUT2D eigenvalue weighted by Gasteiger charge is -2.27. The second-order valence-electron chi connectivity index (χ2n) is 7.43. The molecular weight excluding hydrogens is 355 g/mol. The van der Waals surface area contributed by atoms with Gasteiger partial charge in [0.1, 0.15) is 5.69 Å². The average Bonchev–Trinajstić information content (AvgIpc) is 3.22. The van der Waals surface area contributed by atoms with Gasteiger partial charge in [-0.3, -0.25) is 4.79 Å². The van der Waals surface area contributed by atoms with Crippen LogP contribution in [-0.2, 0) is 4.79 Å². The number of fused-ring (bicyclic) bond motifs is 2. The van der Waals surface area contributed by atoms with Gasteiger partial charge in [0.25, 0.3) is 0 Å². The Morgan fingerprint density at radius 2 is 2.00 bits per heavy atom. The van der Waals surface area contributed by atoms with E-state index in [1.54, 1.807) is 16.8 Å². The zero-order chi connectivity index (χ0) is 17.7. The average molecular weight is 379 g/mol. The highest BCUT2D eigenvalue weighted by atomic mass is 35.5. The van der Waals surface area contributed by atoms with Crippen LogP contribution in [0.5, 0.6) is 0 Å². The first-order valence-corrected chi connectivity index (χ1v) is 8.83. The van der Waals surface area contributed by atoms with Crippen LogP contribution >= 0.6 is 12.4 Å². The second-order valence-corrected chi connectivity index (χ2v) is 7.43. The van der Waals surface area contributed by atoms with E-state index < -0.39 is 5.82 Å². The van der Waals surface area contributed by atoms with Gasteiger partial charge in [0.2, 0.25) is 5.91 Å². The smallest absolute Gasteiger partial charge is 0.229 e. The number of rotatable bonds is 3. The van der Waals surface area contributed by atoms with Gasteiger partial charge in [-0.05, 0) is 69.2 Å². The molecule has 0 saturated heterocycles. The van der Waals surface area contributed by atoms with Crippen LogP contribution < -0.4 is 11.1 Å². The Labute approximate surface area is 158 Å². The number of nitrogens with zero attached hydrogens (tertiary/aromatic N) is 2. The summed E-state index contributed by atoms with van der Waals surface area (Å²) in [7, 11) is 0. The summed E-state index contributed by atoms with van der Waals surface area (Å²) in [5, 5.41) is 7.15. The van der Waals surface area contributed by atoms with Crippen LogP contribution in [0.25, 0.3) is 5.69 Å². The van der Waals surface area contributed by atoms with E-state index in [9.17, 15) is 9.18 Å². The summed E-state index contributed by atoms with van der Waals surface area (Å²) < 4.78 is 16.1. The first-order valence-electron chi connectivity index (χ1n) is 8.83. The molecule has 2 bridgehead atoms. The first kappa shape index (κ1) is 18.9. The molecule has 4 unspecified atom stereocenters. The van der Waals surface area contributed by atoms with Gasteiger partial charge in [-0.25, -0.2) is 9.07 Å². The standard InChI is InChI=1S/C19H23FN4O.ClH/c1-10-7-11(2)24(23-10)16-6-5-14(9-15(16)20)22-19(25)17-12-3-4-13(8-12)18(17)21;/h5-7,9,12-13,17-18H,3-4,8,21H2,1-2H3,(H,22,25);1H. The molecule has 1 aromatic heterocycles. The maximum absolute atomic E-state index is 14.5. The van der Waals surface area contributed by atoms with E-state index in [0.717, 1.165) is 30.7 Å². The van der Waals surface area contributed by atoms with Crippen LogP contribution in [0.4, 0.5) is 10.1 Å². The molecule has 0 radical (unpaired) electrons. The number of halogens is 2. The molecule has 7 heteroatoms. The molecular formula is C19H24ClFN4O. The van der Waals surface area contributed by atoms with Crippen LogP contribution in [0.15, 0.2) is 24.3 Å². The van der Waals surface area contributed by atoms with Gasteiger partial charge in [-0.15, -0.1) is 12.4 Å². The number of benzene rings is 1. The lowest BCUT2D eigenvalue weighted by Crippen LogP contribution is -2.42. The Morgan fingerprint density at radius 1 is 1.27 bits per heavy atom. The molecule has 0 spiro atoms. The molecule has 4 rings (SSSR count). The van der Waals surface area contributed by atoms with Gasteiger partial charge < -0.3 is 11.1 Å². The van der Waals surface area contributed by atoms with Gasteiger partial charge in [0.15, 0.2) is 5.82 Å². The number of amides is 1. The summed E-state index contributed by atoms with van der Waals surface area (Å²) >= 11 is 0. The van der Waals surface area contributed by atoms with E-state index >= 15 is 0 Å². The lowest BCUT2D eigenvalue weighted by atomic mass is 9.84. The van der Waals surface area contributed by atoms with Crippen molar-refractivity contribution in [1.29, 1.82) is 0 Å². The molecule has 26 heavy (non-hydrogen) atoms. The second kappa shape index (κ2) is 7.00. The maximum atomic E-state index is 14.5. The fourth-order valence-corrected chi connectivity index (χ4v) is 4.58. The van der Waals surface area contributed by atoms with Crippen molar-refractivity contribution < 1.29 is 9.18 Å². The number of hydrogen-bond acceptors (Lipinski definition) is 3. The fraction of sp³-hybridized carbons (Fsp3) is 0.474. The molecule has 2 fully saturated rings. The van der Waals surface area contributed by atoms with Gasteiger partial charge in [-0.2, -0.15) is 5.10 Å². The van der Waals surface area contributed by atoms with Crippen molar-refractivity contribution >= 4 is 24.0 Å². The van der Waals surface area contributed by atoms with Crippen molar-refractivity contribution in [2.45, 2.75) is 39.2 Å². The van der Waals surface area contributed by atoms with E-state index in [1.165, 1.54) is 6.07 Å². The number of aryl methyl sites for hydroxylation is 2. The van der Waals surface area contributed by atoms with E-state index in [4.69, 9.17) is 5.73 Å². The Kier molecular flexibility index (Phi) is 5.08. The first-order chi connectivity index (χ1) is 11.9. The third-order valence-corrected chi connectivity index (χ3v) is 5.74. The van der Waals surface area contributed by atoms with Gasteiger partial charge in [0, 0.05) is 17.4 Å². The molecule has 1 aromatic carbocycles. The zero-order valence-electron chi connectivity index (χ0n) is 14.9. The largest absolute Gasteiger partial charge is 0.327 e. The molecule has 4 atom stereocenters. The summed E-state index contributed by atoms with van der Waals surface area (Å²) in [4.78, 5) is 12.6. The normalized spacial score (nSPS) is 26.6. The Balaban J connectivity index is 0.00000196. The van der Waals surface area contributed by atoms with Crippen molar-refractivity contribution in [2.24, 2.45) is 23.5 Å². The number of anilines is 1. The van der Waals surface area contributed by atoms with Crippen molar-refractivity contribution in [3.8, 4) is 5.69 Å². The van der Waals surface area contributed by atoms with Crippen molar-refractivity contribution in [3.05, 3.63) is 41.5 Å².